The summed E-state index contributed by atoms with van der Waals surface area (Å²) in [6.45, 7) is 9.92. The summed E-state index contributed by atoms with van der Waals surface area (Å²) in [5, 5.41) is 18.3. The number of carbonyl (C=O) groups excluding carboxylic acids is 2. The molecule has 2 N–H and O–H groups in total. The van der Waals surface area contributed by atoms with Crippen LogP contribution in [0.15, 0.2) is 84.9 Å². The number of hydrogen-bond acceptors (Lipinski definition) is 7. The second-order valence-electron chi connectivity index (χ2n) is 9.90. The Bertz CT molecular complexity index is 1510. The average Bonchev–Trinajstić information content (AvgIpc) is 2.96. The molecule has 4 rings (SSSR count). The highest BCUT2D eigenvalue weighted by Gasteiger charge is 2.24. The van der Waals surface area contributed by atoms with E-state index in [1.54, 1.807) is 25.1 Å². The lowest BCUT2D eigenvalue weighted by molar-refractivity contribution is -0.253. The second kappa shape index (κ2) is 13.5. The van der Waals surface area contributed by atoms with Crippen LogP contribution in [0.2, 0.25) is 0 Å². The molecule has 0 amide bonds. The molecule has 8 heteroatoms. The molecule has 212 valence electrons. The molecule has 8 nitrogen and oxygen atoms in total. The number of carboxylic acids is 1. The van der Waals surface area contributed by atoms with Gasteiger partial charge in [0.2, 0.25) is 0 Å². The average molecular weight is 557 g/mol. The van der Waals surface area contributed by atoms with Crippen molar-refractivity contribution >= 4 is 18.7 Å². The van der Waals surface area contributed by atoms with E-state index in [1.165, 1.54) is 12.1 Å². The fourth-order valence-electron chi connectivity index (χ4n) is 4.34. The molecular weight excluding hydrogens is 524 g/mol. The van der Waals surface area contributed by atoms with E-state index in [0.29, 0.717) is 17.2 Å². The van der Waals surface area contributed by atoms with Gasteiger partial charge in [0.25, 0.3) is 0 Å². The van der Waals surface area contributed by atoms with Crippen LogP contribution in [0.5, 0.6) is 17.2 Å². The van der Waals surface area contributed by atoms with Gasteiger partial charge in [-0.3, -0.25) is 5.26 Å². The van der Waals surface area contributed by atoms with Crippen LogP contribution < -0.4 is 9.47 Å². The third kappa shape index (κ3) is 7.45. The second-order valence-corrected chi connectivity index (χ2v) is 9.90. The predicted octanol–water partition coefficient (Wildman–Crippen LogP) is 7.14. The van der Waals surface area contributed by atoms with Gasteiger partial charge in [0.1, 0.15) is 30.6 Å². The molecule has 0 spiro atoms. The number of benzene rings is 4. The van der Waals surface area contributed by atoms with E-state index >= 15 is 0 Å². The molecule has 0 aliphatic rings. The summed E-state index contributed by atoms with van der Waals surface area (Å²) in [4.78, 5) is 36.5. The lowest BCUT2D eigenvalue weighted by atomic mass is 9.78. The summed E-state index contributed by atoms with van der Waals surface area (Å²) in [5.74, 6) is -0.333. The molecule has 0 heterocycles. The molecule has 0 saturated carbocycles. The van der Waals surface area contributed by atoms with Gasteiger partial charge in [0.05, 0.1) is 11.1 Å². The lowest BCUT2D eigenvalue weighted by Crippen LogP contribution is -2.19. The van der Waals surface area contributed by atoms with Crippen LogP contribution in [0, 0.1) is 13.8 Å². The summed E-state index contributed by atoms with van der Waals surface area (Å²) < 4.78 is 11.5. The van der Waals surface area contributed by atoms with Gasteiger partial charge < -0.3 is 19.4 Å². The number of ether oxygens (including phenoxy) is 2. The Labute approximate surface area is 238 Å². The highest BCUT2D eigenvalue weighted by molar-refractivity contribution is 6.03. The van der Waals surface area contributed by atoms with Crippen molar-refractivity contribution in [3.05, 3.63) is 124 Å². The third-order valence-electron chi connectivity index (χ3n) is 6.65. The van der Waals surface area contributed by atoms with Gasteiger partial charge in [-0.15, -0.1) is 0 Å². The van der Waals surface area contributed by atoms with Crippen LogP contribution in [0.4, 0.5) is 0 Å². The number of rotatable bonds is 9. The van der Waals surface area contributed by atoms with Gasteiger partial charge in [-0.1, -0.05) is 61.4 Å². The number of carboxylic acid groups (broad SMARTS) is 1. The molecule has 0 saturated heterocycles. The Balaban J connectivity index is 0.00000226. The monoisotopic (exact) mass is 556 g/mol. The van der Waals surface area contributed by atoms with E-state index < -0.39 is 11.9 Å². The molecule has 41 heavy (non-hydrogen) atoms. The summed E-state index contributed by atoms with van der Waals surface area (Å²) in [5.41, 5.74) is 4.11. The van der Waals surface area contributed by atoms with Crippen molar-refractivity contribution in [2.45, 2.75) is 39.7 Å². The number of hydrogen-bond donors (Lipinski definition) is 2. The van der Waals surface area contributed by atoms with Crippen LogP contribution in [0.25, 0.3) is 0 Å². The van der Waals surface area contributed by atoms with E-state index in [1.807, 2.05) is 68.3 Å². The van der Waals surface area contributed by atoms with Crippen LogP contribution in [-0.2, 0) is 21.7 Å². The van der Waals surface area contributed by atoms with E-state index in [0.717, 1.165) is 27.8 Å². The maximum Gasteiger partial charge on any atom is 0.344 e. The summed E-state index contributed by atoms with van der Waals surface area (Å²) in [6.07, 6.45) is 0. The van der Waals surface area contributed by atoms with Crippen molar-refractivity contribution in [3.8, 4) is 17.2 Å². The minimum atomic E-state index is -1.18. The summed E-state index contributed by atoms with van der Waals surface area (Å²) in [7, 11) is 0. The van der Waals surface area contributed by atoms with Crippen molar-refractivity contribution in [2.24, 2.45) is 0 Å². The van der Waals surface area contributed by atoms with Crippen LogP contribution in [0.3, 0.4) is 0 Å². The zero-order chi connectivity index (χ0) is 30.2. The Hall–Kier alpha value is -4.79. The Morgan fingerprint density at radius 1 is 0.756 bits per heavy atom. The fourth-order valence-corrected chi connectivity index (χ4v) is 4.34. The van der Waals surface area contributed by atoms with Gasteiger partial charge in [-0.25, -0.2) is 14.5 Å². The van der Waals surface area contributed by atoms with Crippen molar-refractivity contribution in [3.63, 3.8) is 0 Å². The van der Waals surface area contributed by atoms with Gasteiger partial charge in [0.15, 0.2) is 0 Å². The van der Waals surface area contributed by atoms with E-state index in [4.69, 9.17) is 19.5 Å². The Morgan fingerprint density at radius 2 is 1.29 bits per heavy atom. The lowest BCUT2D eigenvalue weighted by Gasteiger charge is -2.26. The molecule has 0 aromatic heterocycles. The molecule has 0 radical (unpaired) electrons. The summed E-state index contributed by atoms with van der Waals surface area (Å²) >= 11 is 0. The number of aromatic carboxylic acids is 1. The number of aryl methyl sites for hydroxylation is 2. The van der Waals surface area contributed by atoms with Gasteiger partial charge in [0, 0.05) is 11.0 Å². The smallest absolute Gasteiger partial charge is 0.344 e. The molecule has 0 fully saturated rings. The molecule has 4 aromatic carbocycles. The highest BCUT2D eigenvalue weighted by atomic mass is 17.1. The van der Waals surface area contributed by atoms with Crippen molar-refractivity contribution in [1.82, 2.24) is 0 Å². The predicted molar refractivity (Wildman–Crippen MR) is 154 cm³/mol. The zero-order valence-electron chi connectivity index (χ0n) is 23.3. The van der Waals surface area contributed by atoms with E-state index in [-0.39, 0.29) is 23.1 Å². The minimum absolute atomic E-state index is 0.00135. The maximum atomic E-state index is 12.7. The molecule has 0 atom stereocenters. The van der Waals surface area contributed by atoms with E-state index in [9.17, 15) is 14.7 Å². The first-order valence-electron chi connectivity index (χ1n) is 12.7. The quantitative estimate of drug-likeness (QED) is 0.0966. The molecule has 0 unspecified atom stereocenters. The van der Waals surface area contributed by atoms with Gasteiger partial charge in [-0.2, -0.15) is 0 Å². The first kappa shape index (κ1) is 30.7. The van der Waals surface area contributed by atoms with Crippen molar-refractivity contribution < 1.29 is 39.1 Å². The SMILES string of the molecule is C=O.Cc1ccc(Oc2ccc(C(C)(C)c3ccc(OC(=O)c4ccc(C)cc4C(=O)O)cc3)cc2)c(COO)c1. The standard InChI is InChI=1S/C32H30O7.CH2O/c1-20-6-16-29(22(17-20)19-37-36)38-25-11-7-23(8-12-25)32(3,4)24-9-13-26(14-10-24)39-31(35)27-15-5-21(2)18-28(27)30(33)34;1-2/h5-18,36H,19H2,1-4H3,(H,33,34);1H2. The molecule has 0 aliphatic carbocycles. The first-order valence-corrected chi connectivity index (χ1v) is 12.7. The van der Waals surface area contributed by atoms with Crippen LogP contribution >= 0.6 is 0 Å². The maximum absolute atomic E-state index is 12.7. The van der Waals surface area contributed by atoms with Crippen molar-refractivity contribution in [1.29, 1.82) is 0 Å². The van der Waals surface area contributed by atoms with Gasteiger partial charge in [-0.05, 0) is 73.5 Å². The van der Waals surface area contributed by atoms with E-state index in [2.05, 4.69) is 18.7 Å². The zero-order valence-corrected chi connectivity index (χ0v) is 23.3. The first-order chi connectivity index (χ1) is 19.6. The Morgan fingerprint density at radius 3 is 1.85 bits per heavy atom. The topological polar surface area (TPSA) is 119 Å². The molecule has 0 bridgehead atoms. The number of esters is 1. The highest BCUT2D eigenvalue weighted by Crippen LogP contribution is 2.35. The minimum Gasteiger partial charge on any atom is -0.478 e. The fraction of sp³-hybridized carbons (Fsp3) is 0.182. The Kier molecular flexibility index (Phi) is 10.1. The summed E-state index contributed by atoms with van der Waals surface area (Å²) in [6, 6.07) is 25.2. The largest absolute Gasteiger partial charge is 0.478 e. The third-order valence-corrected chi connectivity index (χ3v) is 6.65. The van der Waals surface area contributed by atoms with Crippen LogP contribution in [-0.4, -0.2) is 29.1 Å². The normalized spacial score (nSPS) is 10.8. The molecular formula is C33H32O8. The molecule has 0 aliphatic heterocycles. The van der Waals surface area contributed by atoms with Crippen LogP contribution in [0.1, 0.15) is 62.4 Å². The van der Waals surface area contributed by atoms with Crippen molar-refractivity contribution in [2.75, 3.05) is 0 Å². The number of carbonyl (C=O) groups is 3. The molecule has 4 aromatic rings. The van der Waals surface area contributed by atoms with Gasteiger partial charge >= 0.3 is 11.9 Å².